The Balaban J connectivity index is 2.91. The van der Waals surface area contributed by atoms with Crippen LogP contribution < -0.4 is 5.32 Å². The molecule has 1 aliphatic heterocycles. The monoisotopic (exact) mass is 392 g/mol. The van der Waals surface area contributed by atoms with Crippen molar-refractivity contribution in [1.82, 2.24) is 10.2 Å². The summed E-state index contributed by atoms with van der Waals surface area (Å²) in [4.78, 5) is 35.8. The minimum atomic E-state index is -5.26. The van der Waals surface area contributed by atoms with Crippen LogP contribution in [0, 0.1) is 11.8 Å². The predicted molar refractivity (Wildman–Crippen MR) is 89.1 cm³/mol. The van der Waals surface area contributed by atoms with E-state index in [4.69, 9.17) is 0 Å². The van der Waals surface area contributed by atoms with Gasteiger partial charge in [-0.15, -0.1) is 0 Å². The Bertz CT molecular complexity index is 631. The summed E-state index contributed by atoms with van der Waals surface area (Å²) in [5, 5.41) is 11.7. The van der Waals surface area contributed by atoms with E-state index in [2.05, 4.69) is 10.1 Å². The molecule has 3 atom stereocenters. The topological polar surface area (TPSA) is 95.9 Å². The normalized spacial score (nSPS) is 22.7. The molecule has 10 heteroatoms. The van der Waals surface area contributed by atoms with Crippen LogP contribution >= 0.6 is 0 Å². The third-order valence-corrected chi connectivity index (χ3v) is 4.10. The molecule has 0 saturated carbocycles. The molecule has 0 aliphatic carbocycles. The summed E-state index contributed by atoms with van der Waals surface area (Å²) in [6.45, 7) is 5.21. The number of likely N-dealkylation sites (tertiary alicyclic amines) is 1. The van der Waals surface area contributed by atoms with Crippen LogP contribution in [-0.4, -0.2) is 53.2 Å². The fourth-order valence-corrected chi connectivity index (χ4v) is 2.95. The van der Waals surface area contributed by atoms with Gasteiger partial charge >= 0.3 is 18.1 Å². The van der Waals surface area contributed by atoms with Crippen molar-refractivity contribution in [3.63, 3.8) is 0 Å². The van der Waals surface area contributed by atoms with Gasteiger partial charge in [-0.25, -0.2) is 9.59 Å². The largest absolute Gasteiger partial charge is 0.514 e. The lowest BCUT2D eigenvalue weighted by molar-refractivity contribution is -0.203. The van der Waals surface area contributed by atoms with Crippen LogP contribution in [0.5, 0.6) is 0 Å². The van der Waals surface area contributed by atoms with E-state index >= 15 is 0 Å². The molecule has 0 radical (unpaired) electrons. The Morgan fingerprint density at radius 3 is 2.48 bits per heavy atom. The Hall–Kier alpha value is -2.36. The number of hydrogen-bond donors (Lipinski definition) is 2. The number of halogens is 3. The lowest BCUT2D eigenvalue weighted by Gasteiger charge is -2.26. The van der Waals surface area contributed by atoms with Gasteiger partial charge in [0.05, 0.1) is 12.0 Å². The van der Waals surface area contributed by atoms with E-state index in [9.17, 15) is 32.7 Å². The van der Waals surface area contributed by atoms with Crippen LogP contribution in [0.4, 0.5) is 13.2 Å². The second-order valence-corrected chi connectivity index (χ2v) is 6.36. The molecule has 0 bridgehead atoms. The fraction of sp³-hybridized carbons (Fsp3) is 0.588. The predicted octanol–water partition coefficient (Wildman–Crippen LogP) is 2.06. The molecule has 2 unspecified atom stereocenters. The van der Waals surface area contributed by atoms with Gasteiger partial charge in [0.15, 0.2) is 0 Å². The summed E-state index contributed by atoms with van der Waals surface area (Å²) < 4.78 is 41.0. The van der Waals surface area contributed by atoms with Gasteiger partial charge in [-0.3, -0.25) is 9.69 Å². The number of aliphatic hydroxyl groups excluding tert-OH is 1. The maximum absolute atomic E-state index is 12.3. The van der Waals surface area contributed by atoms with Crippen LogP contribution in [-0.2, 0) is 19.1 Å². The van der Waals surface area contributed by atoms with Crippen molar-refractivity contribution in [1.29, 1.82) is 0 Å². The van der Waals surface area contributed by atoms with E-state index in [1.165, 1.54) is 6.92 Å². The van der Waals surface area contributed by atoms with Crippen molar-refractivity contribution in [2.45, 2.75) is 39.4 Å². The van der Waals surface area contributed by atoms with Crippen molar-refractivity contribution in [3.8, 4) is 0 Å². The summed E-state index contributed by atoms with van der Waals surface area (Å²) >= 11 is 0. The lowest BCUT2D eigenvalue weighted by atomic mass is 10.1. The van der Waals surface area contributed by atoms with Gasteiger partial charge in [0.1, 0.15) is 6.04 Å². The highest BCUT2D eigenvalue weighted by atomic mass is 19.4. The van der Waals surface area contributed by atoms with Gasteiger partial charge in [-0.05, 0) is 19.3 Å². The van der Waals surface area contributed by atoms with Gasteiger partial charge in [0.25, 0.3) is 0 Å². The van der Waals surface area contributed by atoms with Gasteiger partial charge in [-0.2, -0.15) is 13.2 Å². The summed E-state index contributed by atoms with van der Waals surface area (Å²) in [5.74, 6) is -4.77. The highest BCUT2D eigenvalue weighted by molar-refractivity contribution is 5.91. The number of rotatable bonds is 6. The van der Waals surface area contributed by atoms with Crippen LogP contribution in [0.25, 0.3) is 0 Å². The third-order valence-electron chi connectivity index (χ3n) is 4.10. The average molecular weight is 392 g/mol. The standard InChI is InChI=1S/C17H23F3N2O5/c1-4-5-12-6-14(15(25)27-16(26)17(18,19)20)22(8-12)7-10(2)13(9-23)21-11(3)24/h4-5,9-10,12,14,23H,6-8H2,1-3H3,(H,21,24)/t10-,12?,14?/m0/s1. The van der Waals surface area contributed by atoms with Gasteiger partial charge in [-0.1, -0.05) is 19.1 Å². The van der Waals surface area contributed by atoms with E-state index < -0.39 is 36.0 Å². The number of carbonyl (C=O) groups excluding carboxylic acids is 3. The molecule has 2 N–H and O–H groups in total. The first-order valence-corrected chi connectivity index (χ1v) is 8.31. The Kier molecular flexibility index (Phi) is 8.01. The highest BCUT2D eigenvalue weighted by Gasteiger charge is 2.45. The molecule has 27 heavy (non-hydrogen) atoms. The number of allylic oxidation sites excluding steroid dienone is 1. The smallest absolute Gasteiger partial charge is 0.491 e. The molecule has 1 amide bonds. The fourth-order valence-electron chi connectivity index (χ4n) is 2.95. The van der Waals surface area contributed by atoms with Gasteiger partial charge in [0, 0.05) is 25.9 Å². The second-order valence-electron chi connectivity index (χ2n) is 6.36. The molecule has 1 rings (SSSR count). The van der Waals surface area contributed by atoms with Crippen molar-refractivity contribution in [2.24, 2.45) is 11.8 Å². The van der Waals surface area contributed by atoms with Crippen LogP contribution in [0.2, 0.25) is 0 Å². The molecule has 7 nitrogen and oxygen atoms in total. The van der Waals surface area contributed by atoms with E-state index in [0.29, 0.717) is 6.54 Å². The molecule has 0 spiro atoms. The van der Waals surface area contributed by atoms with Crippen molar-refractivity contribution in [3.05, 3.63) is 24.1 Å². The number of carbonyl (C=O) groups is 3. The average Bonchev–Trinajstić information content (AvgIpc) is 2.94. The number of esters is 2. The zero-order valence-electron chi connectivity index (χ0n) is 15.2. The molecule has 1 heterocycles. The minimum absolute atomic E-state index is 0.108. The van der Waals surface area contributed by atoms with E-state index in [0.717, 1.165) is 6.26 Å². The SMILES string of the molecule is CC=CC1CC(C(=O)OC(=O)C(F)(F)F)N(C[C@H](C)C(=CO)NC(C)=O)C1. The molecule has 1 saturated heterocycles. The van der Waals surface area contributed by atoms with Gasteiger partial charge < -0.3 is 15.2 Å². The van der Waals surface area contributed by atoms with Crippen LogP contribution in [0.15, 0.2) is 24.1 Å². The van der Waals surface area contributed by atoms with E-state index in [1.807, 2.05) is 6.08 Å². The Morgan fingerprint density at radius 2 is 2.00 bits per heavy atom. The molecule has 0 aromatic heterocycles. The number of aliphatic hydroxyl groups is 1. The van der Waals surface area contributed by atoms with Crippen molar-refractivity contribution >= 4 is 17.8 Å². The van der Waals surface area contributed by atoms with Gasteiger partial charge in [0.2, 0.25) is 5.91 Å². The summed E-state index contributed by atoms with van der Waals surface area (Å²) in [7, 11) is 0. The number of ether oxygens (including phenoxy) is 1. The number of amides is 1. The molecule has 1 aliphatic rings. The molecule has 0 aromatic carbocycles. The summed E-state index contributed by atoms with van der Waals surface area (Å²) in [5.41, 5.74) is 0.204. The molecular formula is C17H23F3N2O5. The maximum Gasteiger partial charge on any atom is 0.491 e. The first kappa shape index (κ1) is 22.7. The quantitative estimate of drug-likeness (QED) is 0.311. The Labute approximate surface area is 154 Å². The molecule has 0 aromatic rings. The van der Waals surface area contributed by atoms with E-state index in [1.54, 1.807) is 24.8 Å². The van der Waals surface area contributed by atoms with Crippen molar-refractivity contribution in [2.75, 3.05) is 13.1 Å². The van der Waals surface area contributed by atoms with Crippen LogP contribution in [0.1, 0.15) is 27.2 Å². The molecule has 152 valence electrons. The van der Waals surface area contributed by atoms with Crippen LogP contribution in [0.3, 0.4) is 0 Å². The third kappa shape index (κ3) is 6.70. The molecule has 1 fully saturated rings. The second kappa shape index (κ2) is 9.54. The molecular weight excluding hydrogens is 369 g/mol. The first-order chi connectivity index (χ1) is 12.5. The zero-order chi connectivity index (χ0) is 20.8. The van der Waals surface area contributed by atoms with Crippen molar-refractivity contribution < 1.29 is 37.4 Å². The number of nitrogens with one attached hydrogen (secondary N) is 1. The summed E-state index contributed by atoms with van der Waals surface area (Å²) in [6, 6.07) is -1.04. The Morgan fingerprint density at radius 1 is 1.37 bits per heavy atom. The maximum atomic E-state index is 12.3. The number of alkyl halides is 3. The lowest BCUT2D eigenvalue weighted by Crippen LogP contribution is -2.43. The number of nitrogens with zero attached hydrogens (tertiary/aromatic N) is 1. The highest BCUT2D eigenvalue weighted by Crippen LogP contribution is 2.28. The van der Waals surface area contributed by atoms with E-state index in [-0.39, 0.29) is 24.6 Å². The summed E-state index contributed by atoms with van der Waals surface area (Å²) in [6.07, 6.45) is -0.761. The number of hydrogen-bond acceptors (Lipinski definition) is 6. The zero-order valence-corrected chi connectivity index (χ0v) is 15.2. The minimum Gasteiger partial charge on any atom is -0.514 e. The first-order valence-electron chi connectivity index (χ1n) is 8.31.